The van der Waals surface area contributed by atoms with Crippen LogP contribution in [-0.2, 0) is 0 Å². The van der Waals surface area contributed by atoms with Gasteiger partial charge in [-0.05, 0) is 48.5 Å². The van der Waals surface area contributed by atoms with Crippen molar-refractivity contribution in [2.75, 3.05) is 12.3 Å². The Morgan fingerprint density at radius 3 is 2.63 bits per heavy atom. The summed E-state index contributed by atoms with van der Waals surface area (Å²) in [6.07, 6.45) is 1.25. The lowest BCUT2D eigenvalue weighted by molar-refractivity contribution is 0.481. The highest BCUT2D eigenvalue weighted by atomic mass is 32.2. The minimum absolute atomic E-state index is 0.396. The van der Waals surface area contributed by atoms with Gasteiger partial charge in [0.05, 0.1) is 5.37 Å². The monoisotopic (exact) mass is 271 g/mol. The molecule has 1 unspecified atom stereocenters. The lowest BCUT2D eigenvalue weighted by atomic mass is 10.2. The molecule has 3 heteroatoms. The van der Waals surface area contributed by atoms with Crippen LogP contribution in [-0.4, -0.2) is 12.3 Å². The molecule has 1 fully saturated rings. The zero-order valence-corrected chi connectivity index (χ0v) is 11.5. The molecule has 0 aliphatic carbocycles. The molecule has 1 N–H and O–H groups in total. The van der Waals surface area contributed by atoms with E-state index in [-0.39, 0.29) is 0 Å². The summed E-state index contributed by atoms with van der Waals surface area (Å²) in [5, 5.41) is 3.93. The van der Waals surface area contributed by atoms with Crippen LogP contribution in [0.1, 0.15) is 17.4 Å². The Hall–Kier alpha value is -1.45. The zero-order chi connectivity index (χ0) is 12.9. The highest BCUT2D eigenvalue weighted by molar-refractivity contribution is 7.99. The second-order valence-electron chi connectivity index (χ2n) is 4.55. The van der Waals surface area contributed by atoms with Gasteiger partial charge >= 0.3 is 0 Å². The van der Waals surface area contributed by atoms with E-state index in [0.717, 1.165) is 18.0 Å². The van der Waals surface area contributed by atoms with E-state index in [2.05, 4.69) is 23.5 Å². The van der Waals surface area contributed by atoms with Crippen LogP contribution in [0.4, 0.5) is 0 Å². The lowest BCUT2D eigenvalue weighted by Crippen LogP contribution is -2.25. The van der Waals surface area contributed by atoms with Gasteiger partial charge < -0.3 is 10.1 Å². The highest BCUT2D eigenvalue weighted by Crippen LogP contribution is 2.32. The van der Waals surface area contributed by atoms with Crippen LogP contribution in [0, 0.1) is 0 Å². The number of hydrogen-bond acceptors (Lipinski definition) is 3. The van der Waals surface area contributed by atoms with Gasteiger partial charge in [0.15, 0.2) is 0 Å². The molecule has 1 saturated heterocycles. The molecule has 0 bridgehead atoms. The summed E-state index contributed by atoms with van der Waals surface area (Å²) < 4.78 is 5.87. The van der Waals surface area contributed by atoms with Crippen molar-refractivity contribution in [3.63, 3.8) is 0 Å². The summed E-state index contributed by atoms with van der Waals surface area (Å²) in [7, 11) is 0. The van der Waals surface area contributed by atoms with Crippen LogP contribution >= 0.6 is 11.8 Å². The molecular formula is C16H17NOS. The molecule has 2 aromatic carbocycles. The maximum Gasteiger partial charge on any atom is 0.127 e. The average molecular weight is 271 g/mol. The number of rotatable bonds is 3. The van der Waals surface area contributed by atoms with E-state index in [9.17, 15) is 0 Å². The van der Waals surface area contributed by atoms with Crippen molar-refractivity contribution in [1.82, 2.24) is 5.32 Å². The zero-order valence-electron chi connectivity index (χ0n) is 10.7. The molecule has 1 heterocycles. The number of hydrogen-bond donors (Lipinski definition) is 1. The number of benzene rings is 2. The van der Waals surface area contributed by atoms with Crippen molar-refractivity contribution in [2.45, 2.75) is 11.8 Å². The number of thioether (sulfide) groups is 1. The van der Waals surface area contributed by atoms with E-state index in [0.29, 0.717) is 5.37 Å². The largest absolute Gasteiger partial charge is 0.457 e. The molecular weight excluding hydrogens is 254 g/mol. The predicted octanol–water partition coefficient (Wildman–Crippen LogP) is 4.20. The fourth-order valence-electron chi connectivity index (χ4n) is 2.15. The van der Waals surface area contributed by atoms with Crippen molar-refractivity contribution in [1.29, 1.82) is 0 Å². The van der Waals surface area contributed by atoms with Gasteiger partial charge in [-0.1, -0.05) is 30.3 Å². The molecule has 0 aromatic heterocycles. The Balaban J connectivity index is 1.76. The van der Waals surface area contributed by atoms with Crippen LogP contribution in [0.25, 0.3) is 0 Å². The average Bonchev–Trinajstić information content (AvgIpc) is 2.49. The van der Waals surface area contributed by atoms with Gasteiger partial charge in [0.25, 0.3) is 0 Å². The van der Waals surface area contributed by atoms with Gasteiger partial charge in [-0.2, -0.15) is 0 Å². The summed E-state index contributed by atoms with van der Waals surface area (Å²) in [5.41, 5.74) is 1.29. The van der Waals surface area contributed by atoms with Crippen LogP contribution < -0.4 is 10.1 Å². The van der Waals surface area contributed by atoms with Crippen molar-refractivity contribution in [3.8, 4) is 11.5 Å². The van der Waals surface area contributed by atoms with Crippen molar-refractivity contribution >= 4 is 11.8 Å². The molecule has 0 saturated carbocycles. The Bertz CT molecular complexity index is 523. The van der Waals surface area contributed by atoms with Crippen LogP contribution in [0.15, 0.2) is 54.6 Å². The lowest BCUT2D eigenvalue weighted by Gasteiger charge is -2.23. The Morgan fingerprint density at radius 2 is 1.84 bits per heavy atom. The Kier molecular flexibility index (Phi) is 4.06. The minimum Gasteiger partial charge on any atom is -0.457 e. The maximum absolute atomic E-state index is 5.87. The first-order valence-corrected chi connectivity index (χ1v) is 7.64. The molecule has 3 rings (SSSR count). The molecule has 0 amide bonds. The van der Waals surface area contributed by atoms with Gasteiger partial charge in [0, 0.05) is 0 Å². The van der Waals surface area contributed by atoms with E-state index in [4.69, 9.17) is 4.74 Å². The molecule has 1 atom stereocenters. The smallest absolute Gasteiger partial charge is 0.127 e. The number of nitrogens with one attached hydrogen (secondary N) is 1. The summed E-state index contributed by atoms with van der Waals surface area (Å²) >= 11 is 1.96. The van der Waals surface area contributed by atoms with E-state index in [1.54, 1.807) is 0 Å². The Labute approximate surface area is 118 Å². The molecule has 1 aliphatic heterocycles. The quantitative estimate of drug-likeness (QED) is 0.903. The Morgan fingerprint density at radius 1 is 1.00 bits per heavy atom. The van der Waals surface area contributed by atoms with Gasteiger partial charge in [0.1, 0.15) is 11.5 Å². The fourth-order valence-corrected chi connectivity index (χ4v) is 3.27. The van der Waals surface area contributed by atoms with E-state index < -0.39 is 0 Å². The van der Waals surface area contributed by atoms with Crippen LogP contribution in [0.3, 0.4) is 0 Å². The summed E-state index contributed by atoms with van der Waals surface area (Å²) in [6, 6.07) is 18.3. The first-order chi connectivity index (χ1) is 9.42. The van der Waals surface area contributed by atoms with Gasteiger partial charge in [-0.3, -0.25) is 0 Å². The van der Waals surface area contributed by atoms with Crippen LogP contribution in [0.5, 0.6) is 11.5 Å². The number of ether oxygens (including phenoxy) is 1. The fraction of sp³-hybridized carbons (Fsp3) is 0.250. The maximum atomic E-state index is 5.87. The standard InChI is InChI=1S/C16H17NOS/c1-2-7-14(8-3-1)18-15-9-4-6-13(12-15)16-17-10-5-11-19-16/h1-4,6-9,12,16-17H,5,10-11H2. The first kappa shape index (κ1) is 12.6. The third-order valence-electron chi connectivity index (χ3n) is 3.08. The van der Waals surface area contributed by atoms with Crippen molar-refractivity contribution in [3.05, 3.63) is 60.2 Å². The molecule has 2 aromatic rings. The van der Waals surface area contributed by atoms with Crippen LogP contribution in [0.2, 0.25) is 0 Å². The topological polar surface area (TPSA) is 21.3 Å². The molecule has 19 heavy (non-hydrogen) atoms. The van der Waals surface area contributed by atoms with E-state index in [1.807, 2.05) is 48.2 Å². The summed E-state index contributed by atoms with van der Waals surface area (Å²) in [5.74, 6) is 3.00. The predicted molar refractivity (Wildman–Crippen MR) is 80.8 cm³/mol. The second kappa shape index (κ2) is 6.13. The highest BCUT2D eigenvalue weighted by Gasteiger charge is 2.15. The molecule has 1 aliphatic rings. The van der Waals surface area contributed by atoms with Crippen molar-refractivity contribution < 1.29 is 4.74 Å². The summed E-state index contributed by atoms with van der Waals surface area (Å²) in [6.45, 7) is 1.10. The molecule has 0 spiro atoms. The van der Waals surface area contributed by atoms with Crippen molar-refractivity contribution in [2.24, 2.45) is 0 Å². The second-order valence-corrected chi connectivity index (χ2v) is 5.76. The third kappa shape index (κ3) is 3.31. The summed E-state index contributed by atoms with van der Waals surface area (Å²) in [4.78, 5) is 0. The van der Waals surface area contributed by atoms with Gasteiger partial charge in [-0.15, -0.1) is 11.8 Å². The normalized spacial score (nSPS) is 19.1. The van der Waals surface area contributed by atoms with Gasteiger partial charge in [0.2, 0.25) is 0 Å². The SMILES string of the molecule is c1ccc(Oc2cccc(C3NCCCS3)c2)cc1. The first-order valence-electron chi connectivity index (χ1n) is 6.60. The molecule has 0 radical (unpaired) electrons. The number of para-hydroxylation sites is 1. The molecule has 2 nitrogen and oxygen atoms in total. The van der Waals surface area contributed by atoms with E-state index >= 15 is 0 Å². The van der Waals surface area contributed by atoms with Gasteiger partial charge in [-0.25, -0.2) is 0 Å². The van der Waals surface area contributed by atoms with E-state index in [1.165, 1.54) is 17.7 Å². The minimum atomic E-state index is 0.396. The molecule has 98 valence electrons. The third-order valence-corrected chi connectivity index (χ3v) is 4.37.